The number of carbonyl (C=O) groups excluding carboxylic acids is 2. The van der Waals surface area contributed by atoms with Gasteiger partial charge in [0.15, 0.2) is 0 Å². The van der Waals surface area contributed by atoms with E-state index in [-0.39, 0.29) is 74.2 Å². The summed E-state index contributed by atoms with van der Waals surface area (Å²) in [6.45, 7) is 2.40. The number of benzene rings is 2. The highest BCUT2D eigenvalue weighted by Crippen LogP contribution is 2.47. The number of anilines is 1. The van der Waals surface area contributed by atoms with Gasteiger partial charge in [-0.05, 0) is 105 Å². The van der Waals surface area contributed by atoms with Crippen LogP contribution in [0.5, 0.6) is 5.75 Å². The van der Waals surface area contributed by atoms with Gasteiger partial charge in [0.05, 0.1) is 23.6 Å². The minimum absolute atomic E-state index is 0.0284. The lowest BCUT2D eigenvalue weighted by Crippen LogP contribution is -2.53. The van der Waals surface area contributed by atoms with Crippen LogP contribution >= 0.6 is 11.6 Å². The molecule has 2 aliphatic carbocycles. The maximum absolute atomic E-state index is 13.9. The second-order valence-electron chi connectivity index (χ2n) is 16.0. The number of hydrogen-bond donors (Lipinski definition) is 2. The summed E-state index contributed by atoms with van der Waals surface area (Å²) in [5, 5.41) is 11.0. The number of piperazine rings is 1. The highest BCUT2D eigenvalue weighted by atomic mass is 35.5. The topological polar surface area (TPSA) is 157 Å². The molecule has 5 aliphatic rings. The third-order valence-corrected chi connectivity index (χ3v) is 16.4. The zero-order valence-electron chi connectivity index (χ0n) is 31.5. The van der Waals surface area contributed by atoms with E-state index in [1.54, 1.807) is 29.2 Å². The van der Waals surface area contributed by atoms with Crippen molar-refractivity contribution in [2.24, 2.45) is 11.8 Å². The first-order valence-electron chi connectivity index (χ1n) is 19.3. The van der Waals surface area contributed by atoms with Gasteiger partial charge < -0.3 is 19.6 Å². The van der Waals surface area contributed by atoms with Gasteiger partial charge in [0, 0.05) is 75.8 Å². The average molecular weight is 818 g/mol. The van der Waals surface area contributed by atoms with E-state index in [4.69, 9.17) is 16.3 Å². The van der Waals surface area contributed by atoms with Crippen molar-refractivity contribution in [1.82, 2.24) is 18.2 Å². The normalized spacial score (nSPS) is 29.3. The quantitative estimate of drug-likeness (QED) is 0.430. The van der Waals surface area contributed by atoms with Crippen LogP contribution in [0.3, 0.4) is 0 Å². The third kappa shape index (κ3) is 8.29. The van der Waals surface area contributed by atoms with Crippen molar-refractivity contribution in [3.8, 4) is 5.75 Å². The molecular formula is C39H52ClN5O8S2. The average Bonchev–Trinajstić information content (AvgIpc) is 3.28. The Bertz CT molecular complexity index is 2040. The van der Waals surface area contributed by atoms with E-state index in [1.165, 1.54) is 29.5 Å². The number of nitrogens with one attached hydrogen (secondary N) is 1. The van der Waals surface area contributed by atoms with Crippen LogP contribution in [0.2, 0.25) is 5.02 Å². The first kappa shape index (κ1) is 40.0. The number of halogens is 1. The summed E-state index contributed by atoms with van der Waals surface area (Å²) >= 11 is 6.42. The molecule has 7 rings (SSSR count). The van der Waals surface area contributed by atoms with Crippen LogP contribution in [0.15, 0.2) is 48.6 Å². The first-order chi connectivity index (χ1) is 26.2. The van der Waals surface area contributed by atoms with E-state index in [0.29, 0.717) is 42.6 Å². The number of hydrogen-bond acceptors (Lipinski definition) is 9. The number of rotatable bonds is 5. The van der Waals surface area contributed by atoms with E-state index >= 15 is 0 Å². The summed E-state index contributed by atoms with van der Waals surface area (Å²) in [7, 11) is -4.94. The molecule has 0 radical (unpaired) electrons. The molecule has 2 fully saturated rings. The van der Waals surface area contributed by atoms with Crippen LogP contribution < -0.4 is 14.4 Å². The van der Waals surface area contributed by atoms with Gasteiger partial charge in [-0.1, -0.05) is 29.8 Å². The zero-order valence-corrected chi connectivity index (χ0v) is 33.9. The number of fused-ring (bicyclic) bond motifs is 4. The van der Waals surface area contributed by atoms with Crippen LogP contribution in [-0.2, 0) is 36.9 Å². The zero-order chi connectivity index (χ0) is 39.1. The molecule has 5 atom stereocenters. The number of aryl methyl sites for hydroxylation is 1. The van der Waals surface area contributed by atoms with Gasteiger partial charge in [0.25, 0.3) is 16.1 Å². The Kier molecular flexibility index (Phi) is 11.6. The maximum Gasteiger partial charge on any atom is 0.281 e. The Morgan fingerprint density at radius 2 is 1.87 bits per heavy atom. The molecule has 3 heterocycles. The molecule has 2 bridgehead atoms. The van der Waals surface area contributed by atoms with E-state index in [9.17, 15) is 31.5 Å². The fraction of sp³-hybridized carbons (Fsp3) is 0.590. The van der Waals surface area contributed by atoms with Crippen molar-refractivity contribution in [2.75, 3.05) is 64.9 Å². The molecule has 1 unspecified atom stereocenters. The maximum atomic E-state index is 13.9. The molecule has 1 saturated carbocycles. The van der Waals surface area contributed by atoms with Crippen molar-refractivity contribution in [3.63, 3.8) is 0 Å². The van der Waals surface area contributed by atoms with Crippen molar-refractivity contribution in [3.05, 3.63) is 70.3 Å². The lowest BCUT2D eigenvalue weighted by Gasteiger charge is -2.45. The van der Waals surface area contributed by atoms with Crippen LogP contribution in [0, 0.1) is 11.8 Å². The molecular weight excluding hydrogens is 766 g/mol. The molecule has 16 heteroatoms. The molecule has 2 aromatic rings. The first-order valence-corrected chi connectivity index (χ1v) is 22.7. The number of ether oxygens (including phenoxy) is 1. The Morgan fingerprint density at radius 1 is 1.09 bits per heavy atom. The van der Waals surface area contributed by atoms with E-state index < -0.39 is 37.5 Å². The molecule has 3 aliphatic heterocycles. The Balaban J connectivity index is 1.13. The van der Waals surface area contributed by atoms with Gasteiger partial charge in [0.2, 0.25) is 15.9 Å². The number of amides is 2. The molecule has 55 heavy (non-hydrogen) atoms. The summed E-state index contributed by atoms with van der Waals surface area (Å²) in [5.41, 5.74) is 2.99. The molecule has 1 spiro atoms. The standard InChI is InChI=1S/C39H52ClN5O8S2/c1-42(2)55(51,52)45-20-18-43(19-21-45)37(47)16-12-31-7-3-4-8-35(46)32-13-9-29(32)24-44-25-39(17-5-6-27-22-30(40)11-14-33(27)39)26-53-36-15-10-28(23-34(36)44)38(48)41-54(31,49)50/h4,8,10-11,14-15,22-23,29,31-32,35,46H,3,5-7,9,12-13,16-21,24-26H2,1-2H3,(H,41,48)/b8-4+/t29-,31?,32+,35-,39-/m0/s1. The van der Waals surface area contributed by atoms with Crippen molar-refractivity contribution >= 4 is 49.3 Å². The summed E-state index contributed by atoms with van der Waals surface area (Å²) in [4.78, 5) is 30.9. The summed E-state index contributed by atoms with van der Waals surface area (Å²) in [6.07, 6.45) is 7.88. The second kappa shape index (κ2) is 16.0. The van der Waals surface area contributed by atoms with E-state index in [0.717, 1.165) is 36.4 Å². The van der Waals surface area contributed by atoms with Crippen LogP contribution in [-0.4, -0.2) is 119 Å². The van der Waals surface area contributed by atoms with E-state index in [1.807, 2.05) is 18.2 Å². The fourth-order valence-corrected chi connectivity index (χ4v) is 11.7. The lowest BCUT2D eigenvalue weighted by molar-refractivity contribution is -0.132. The predicted octanol–water partition coefficient (Wildman–Crippen LogP) is 3.71. The SMILES string of the molecule is CN(C)S(=O)(=O)N1CCN(C(=O)CCC2CC/C=C/[C@H](O)[C@@H]3CC[C@H]3CN3C[C@@]4(CCCc5cc(Cl)ccc54)COc4ccc(cc43)C(=O)NS2(=O)=O)CC1. The van der Waals surface area contributed by atoms with Crippen LogP contribution in [0.1, 0.15) is 72.9 Å². The molecule has 300 valence electrons. The van der Waals surface area contributed by atoms with Crippen molar-refractivity contribution in [1.29, 1.82) is 0 Å². The molecule has 0 aromatic heterocycles. The van der Waals surface area contributed by atoms with Crippen molar-refractivity contribution < 1.29 is 36.3 Å². The fourth-order valence-electron chi connectivity index (χ4n) is 9.04. The van der Waals surface area contributed by atoms with Gasteiger partial charge in [-0.2, -0.15) is 17.0 Å². The highest BCUT2D eigenvalue weighted by molar-refractivity contribution is 7.90. The molecule has 2 N–H and O–H groups in total. The smallest absolute Gasteiger partial charge is 0.281 e. The van der Waals surface area contributed by atoms with Crippen molar-refractivity contribution in [2.45, 2.75) is 74.6 Å². The van der Waals surface area contributed by atoms with E-state index in [2.05, 4.69) is 15.7 Å². The minimum Gasteiger partial charge on any atom is -0.490 e. The number of nitrogens with zero attached hydrogens (tertiary/aromatic N) is 4. The number of sulfonamides is 1. The molecule has 2 amide bonds. The second-order valence-corrected chi connectivity index (χ2v) is 20.5. The van der Waals surface area contributed by atoms with Crippen LogP contribution in [0.25, 0.3) is 0 Å². The van der Waals surface area contributed by atoms with Gasteiger partial charge in [-0.25, -0.2) is 13.1 Å². The van der Waals surface area contributed by atoms with Gasteiger partial charge in [-0.15, -0.1) is 0 Å². The Morgan fingerprint density at radius 3 is 2.60 bits per heavy atom. The molecule has 1 saturated heterocycles. The van der Waals surface area contributed by atoms with Crippen LogP contribution in [0.4, 0.5) is 5.69 Å². The number of allylic oxidation sites excluding steroid dienone is 1. The molecule has 13 nitrogen and oxygen atoms in total. The highest BCUT2D eigenvalue weighted by Gasteiger charge is 2.44. The monoisotopic (exact) mass is 817 g/mol. The van der Waals surface area contributed by atoms with Gasteiger partial charge in [0.1, 0.15) is 5.75 Å². The largest absolute Gasteiger partial charge is 0.490 e. The molecule has 2 aromatic carbocycles. The lowest BCUT2D eigenvalue weighted by atomic mass is 9.68. The number of carbonyl (C=O) groups is 2. The summed E-state index contributed by atoms with van der Waals surface area (Å²) < 4.78 is 64.2. The number of aliphatic hydroxyl groups excluding tert-OH is 1. The minimum atomic E-state index is -4.25. The predicted molar refractivity (Wildman–Crippen MR) is 211 cm³/mol. The summed E-state index contributed by atoms with van der Waals surface area (Å²) in [6, 6.07) is 11.1. The summed E-state index contributed by atoms with van der Waals surface area (Å²) in [5.74, 6) is -0.183. The third-order valence-electron chi connectivity index (χ3n) is 12.4. The van der Waals surface area contributed by atoms with Gasteiger partial charge in [-0.3, -0.25) is 9.59 Å². The number of aliphatic hydroxyl groups is 1. The Hall–Kier alpha value is -3.21. The van der Waals surface area contributed by atoms with Gasteiger partial charge >= 0.3 is 0 Å². The Labute approximate surface area is 329 Å².